The topological polar surface area (TPSA) is 49.4 Å². The Morgan fingerprint density at radius 2 is 1.79 bits per heavy atom. The van der Waals surface area contributed by atoms with E-state index in [1.807, 2.05) is 19.1 Å². The standard InChI is InChI=1S/C19H29ClN2O2/c1-5-6-18(23)22(13-16-7-9-17(20)10-8-16)15(4)19(24)21-12-11-14(2)3/h7-10,14-15H,5-6,11-13H2,1-4H3,(H,21,24)/t15-/m0/s1. The van der Waals surface area contributed by atoms with E-state index < -0.39 is 6.04 Å². The number of benzene rings is 1. The van der Waals surface area contributed by atoms with E-state index in [1.165, 1.54) is 0 Å². The third-order valence-electron chi connectivity index (χ3n) is 3.92. The third-order valence-corrected chi connectivity index (χ3v) is 4.17. The molecule has 1 atom stereocenters. The number of halogens is 1. The number of carbonyl (C=O) groups is 2. The highest BCUT2D eigenvalue weighted by atomic mass is 35.5. The van der Waals surface area contributed by atoms with Gasteiger partial charge in [0.1, 0.15) is 6.04 Å². The molecule has 0 aromatic heterocycles. The minimum atomic E-state index is -0.494. The van der Waals surface area contributed by atoms with Crippen molar-refractivity contribution < 1.29 is 9.59 Å². The average molecular weight is 353 g/mol. The van der Waals surface area contributed by atoms with E-state index in [9.17, 15) is 9.59 Å². The van der Waals surface area contributed by atoms with Gasteiger partial charge in [-0.2, -0.15) is 0 Å². The first kappa shape index (κ1) is 20.5. The quantitative estimate of drug-likeness (QED) is 0.729. The van der Waals surface area contributed by atoms with E-state index in [-0.39, 0.29) is 11.8 Å². The number of hydrogen-bond donors (Lipinski definition) is 1. The van der Waals surface area contributed by atoms with Crippen LogP contribution in [0.15, 0.2) is 24.3 Å². The molecule has 0 bridgehead atoms. The highest BCUT2D eigenvalue weighted by molar-refractivity contribution is 6.30. The van der Waals surface area contributed by atoms with Gasteiger partial charge in [0, 0.05) is 24.5 Å². The minimum absolute atomic E-state index is 0.000963. The molecule has 0 aliphatic carbocycles. The summed E-state index contributed by atoms with van der Waals surface area (Å²) in [5.74, 6) is 0.431. The number of carbonyl (C=O) groups excluding carboxylic acids is 2. The van der Waals surface area contributed by atoms with Crippen molar-refractivity contribution in [3.05, 3.63) is 34.9 Å². The van der Waals surface area contributed by atoms with Crippen molar-refractivity contribution in [1.29, 1.82) is 0 Å². The summed E-state index contributed by atoms with van der Waals surface area (Å²) >= 11 is 5.91. The van der Waals surface area contributed by atoms with Crippen LogP contribution in [0.2, 0.25) is 5.02 Å². The fourth-order valence-corrected chi connectivity index (χ4v) is 2.48. The predicted molar refractivity (Wildman–Crippen MR) is 98.8 cm³/mol. The average Bonchev–Trinajstić information content (AvgIpc) is 2.53. The van der Waals surface area contributed by atoms with Gasteiger partial charge in [0.15, 0.2) is 0 Å². The van der Waals surface area contributed by atoms with E-state index in [0.29, 0.717) is 30.5 Å². The molecule has 0 unspecified atom stereocenters. The Kier molecular flexibility index (Phi) is 8.83. The summed E-state index contributed by atoms with van der Waals surface area (Å²) in [5, 5.41) is 3.59. The van der Waals surface area contributed by atoms with E-state index in [1.54, 1.807) is 24.0 Å². The zero-order valence-electron chi connectivity index (χ0n) is 15.1. The molecule has 0 spiro atoms. The normalized spacial score (nSPS) is 12.1. The summed E-state index contributed by atoms with van der Waals surface area (Å²) in [7, 11) is 0. The van der Waals surface area contributed by atoms with Crippen LogP contribution in [0, 0.1) is 5.92 Å². The summed E-state index contributed by atoms with van der Waals surface area (Å²) in [5.41, 5.74) is 0.964. The number of nitrogens with one attached hydrogen (secondary N) is 1. The first-order chi connectivity index (χ1) is 11.3. The van der Waals surface area contributed by atoms with Crippen LogP contribution in [-0.2, 0) is 16.1 Å². The Balaban J connectivity index is 2.78. The van der Waals surface area contributed by atoms with Crippen molar-refractivity contribution in [2.45, 2.75) is 59.5 Å². The summed E-state index contributed by atoms with van der Waals surface area (Å²) in [6, 6.07) is 6.88. The summed E-state index contributed by atoms with van der Waals surface area (Å²) < 4.78 is 0. The van der Waals surface area contributed by atoms with E-state index in [2.05, 4.69) is 19.2 Å². The molecule has 1 aromatic carbocycles. The molecule has 0 fully saturated rings. The van der Waals surface area contributed by atoms with Crippen LogP contribution in [0.1, 0.15) is 52.5 Å². The Labute approximate surface area is 150 Å². The lowest BCUT2D eigenvalue weighted by Crippen LogP contribution is -2.47. The van der Waals surface area contributed by atoms with Gasteiger partial charge in [-0.3, -0.25) is 9.59 Å². The fourth-order valence-electron chi connectivity index (χ4n) is 2.36. The number of nitrogens with zero attached hydrogens (tertiary/aromatic N) is 1. The van der Waals surface area contributed by atoms with Gasteiger partial charge in [0.25, 0.3) is 0 Å². The smallest absolute Gasteiger partial charge is 0.242 e. The van der Waals surface area contributed by atoms with Crippen LogP contribution in [-0.4, -0.2) is 29.3 Å². The third kappa shape index (κ3) is 6.91. The molecule has 0 aliphatic rings. The van der Waals surface area contributed by atoms with Crippen molar-refractivity contribution in [3.8, 4) is 0 Å². The Bertz CT molecular complexity index is 529. The monoisotopic (exact) mass is 352 g/mol. The maximum Gasteiger partial charge on any atom is 0.242 e. The minimum Gasteiger partial charge on any atom is -0.354 e. The Morgan fingerprint density at radius 1 is 1.17 bits per heavy atom. The molecule has 1 N–H and O–H groups in total. The van der Waals surface area contributed by atoms with Gasteiger partial charge in [-0.15, -0.1) is 0 Å². The highest BCUT2D eigenvalue weighted by Crippen LogP contribution is 2.15. The first-order valence-corrected chi connectivity index (χ1v) is 9.04. The van der Waals surface area contributed by atoms with E-state index in [4.69, 9.17) is 11.6 Å². The lowest BCUT2D eigenvalue weighted by molar-refractivity contribution is -0.140. The van der Waals surface area contributed by atoms with Crippen LogP contribution < -0.4 is 5.32 Å². The SMILES string of the molecule is CCCC(=O)N(Cc1ccc(Cl)cc1)[C@@H](C)C(=O)NCCC(C)C. The van der Waals surface area contributed by atoms with Gasteiger partial charge in [-0.05, 0) is 43.4 Å². The second kappa shape index (κ2) is 10.3. The first-order valence-electron chi connectivity index (χ1n) is 8.66. The predicted octanol–water partition coefficient (Wildman–Crippen LogP) is 4.02. The number of rotatable bonds is 9. The largest absolute Gasteiger partial charge is 0.354 e. The van der Waals surface area contributed by atoms with Gasteiger partial charge >= 0.3 is 0 Å². The lowest BCUT2D eigenvalue weighted by Gasteiger charge is -2.29. The van der Waals surface area contributed by atoms with Gasteiger partial charge in [-0.1, -0.05) is 44.5 Å². The van der Waals surface area contributed by atoms with Crippen molar-refractivity contribution in [3.63, 3.8) is 0 Å². The van der Waals surface area contributed by atoms with Crippen LogP contribution >= 0.6 is 11.6 Å². The van der Waals surface area contributed by atoms with Crippen LogP contribution in [0.25, 0.3) is 0 Å². The second-order valence-corrected chi connectivity index (χ2v) is 6.98. The van der Waals surface area contributed by atoms with Crippen LogP contribution in [0.4, 0.5) is 0 Å². The number of hydrogen-bond acceptors (Lipinski definition) is 2. The second-order valence-electron chi connectivity index (χ2n) is 6.55. The molecule has 0 aliphatic heterocycles. The van der Waals surface area contributed by atoms with Gasteiger partial charge < -0.3 is 10.2 Å². The van der Waals surface area contributed by atoms with Crippen molar-refractivity contribution in [2.75, 3.05) is 6.54 Å². The van der Waals surface area contributed by atoms with E-state index >= 15 is 0 Å². The number of amides is 2. The Hall–Kier alpha value is -1.55. The summed E-state index contributed by atoms with van der Waals surface area (Å²) in [6.07, 6.45) is 2.13. The Morgan fingerprint density at radius 3 is 2.33 bits per heavy atom. The van der Waals surface area contributed by atoms with Crippen LogP contribution in [0.5, 0.6) is 0 Å². The molecule has 0 saturated carbocycles. The van der Waals surface area contributed by atoms with Crippen molar-refractivity contribution >= 4 is 23.4 Å². The molecule has 134 valence electrons. The molecule has 5 heteroatoms. The maximum absolute atomic E-state index is 12.5. The summed E-state index contributed by atoms with van der Waals surface area (Å²) in [6.45, 7) is 9.03. The molecule has 1 rings (SSSR count). The summed E-state index contributed by atoms with van der Waals surface area (Å²) in [4.78, 5) is 26.5. The molecule has 1 aromatic rings. The molecule has 2 amide bonds. The molecule has 0 saturated heterocycles. The molecule has 0 radical (unpaired) electrons. The highest BCUT2D eigenvalue weighted by Gasteiger charge is 2.25. The van der Waals surface area contributed by atoms with Crippen molar-refractivity contribution in [1.82, 2.24) is 10.2 Å². The molecular weight excluding hydrogens is 324 g/mol. The fraction of sp³-hybridized carbons (Fsp3) is 0.579. The molecule has 24 heavy (non-hydrogen) atoms. The molecular formula is C19H29ClN2O2. The molecule has 0 heterocycles. The maximum atomic E-state index is 12.5. The lowest BCUT2D eigenvalue weighted by atomic mass is 10.1. The van der Waals surface area contributed by atoms with Gasteiger partial charge in [0.2, 0.25) is 11.8 Å². The van der Waals surface area contributed by atoms with Crippen molar-refractivity contribution in [2.24, 2.45) is 5.92 Å². The van der Waals surface area contributed by atoms with Gasteiger partial charge in [0.05, 0.1) is 0 Å². The molecule has 4 nitrogen and oxygen atoms in total. The van der Waals surface area contributed by atoms with E-state index in [0.717, 1.165) is 18.4 Å². The zero-order valence-corrected chi connectivity index (χ0v) is 15.9. The zero-order chi connectivity index (χ0) is 18.1. The van der Waals surface area contributed by atoms with Gasteiger partial charge in [-0.25, -0.2) is 0 Å². The van der Waals surface area contributed by atoms with Crippen LogP contribution in [0.3, 0.4) is 0 Å².